The number of anilines is 1. The van der Waals surface area contributed by atoms with Crippen molar-refractivity contribution in [2.45, 2.75) is 24.3 Å². The fourth-order valence-electron chi connectivity index (χ4n) is 2.91. The Hall–Kier alpha value is -2.73. The van der Waals surface area contributed by atoms with Gasteiger partial charge in [0, 0.05) is 41.0 Å². The predicted octanol–water partition coefficient (Wildman–Crippen LogP) is 3.58. The lowest BCUT2D eigenvalue weighted by Crippen LogP contribution is -2.44. The van der Waals surface area contributed by atoms with Gasteiger partial charge in [-0.1, -0.05) is 24.3 Å². The number of para-hydroxylation sites is 1. The Balaban J connectivity index is 1.80. The standard InChI is InChI=1S/C20H21N3O2S/c1-13(24)22-19(10-14-12-21-18-9-4-3-8-17(14)18)20(25)23-15-6-5-7-16(11-15)26-2/h3-9,11-12,19,21H,10H2,1-2H3,(H,22,24)(H,23,25). The topological polar surface area (TPSA) is 74.0 Å². The minimum atomic E-state index is -0.648. The number of thioether (sulfide) groups is 1. The van der Waals surface area contributed by atoms with Gasteiger partial charge in [0.25, 0.3) is 0 Å². The van der Waals surface area contributed by atoms with Crippen molar-refractivity contribution in [2.75, 3.05) is 11.6 Å². The molecule has 3 aromatic rings. The van der Waals surface area contributed by atoms with Crippen LogP contribution in [0.15, 0.2) is 59.6 Å². The Morgan fingerprint density at radius 3 is 2.73 bits per heavy atom. The number of rotatable bonds is 6. The summed E-state index contributed by atoms with van der Waals surface area (Å²) >= 11 is 1.61. The molecule has 5 nitrogen and oxygen atoms in total. The zero-order valence-corrected chi connectivity index (χ0v) is 15.5. The summed E-state index contributed by atoms with van der Waals surface area (Å²) in [6.07, 6.45) is 4.29. The van der Waals surface area contributed by atoms with Crippen LogP contribution in [-0.2, 0) is 16.0 Å². The summed E-state index contributed by atoms with van der Waals surface area (Å²) in [6.45, 7) is 1.42. The molecule has 3 rings (SSSR count). The number of aromatic nitrogens is 1. The van der Waals surface area contributed by atoms with Crippen LogP contribution < -0.4 is 10.6 Å². The number of hydrogen-bond donors (Lipinski definition) is 3. The molecule has 0 saturated carbocycles. The summed E-state index contributed by atoms with van der Waals surface area (Å²) < 4.78 is 0. The normalized spacial score (nSPS) is 11.9. The highest BCUT2D eigenvalue weighted by Crippen LogP contribution is 2.21. The highest BCUT2D eigenvalue weighted by Gasteiger charge is 2.21. The number of carbonyl (C=O) groups is 2. The van der Waals surface area contributed by atoms with Gasteiger partial charge in [0.15, 0.2) is 0 Å². The molecule has 0 aliphatic carbocycles. The lowest BCUT2D eigenvalue weighted by molar-refractivity contribution is -0.125. The molecule has 26 heavy (non-hydrogen) atoms. The Labute approximate surface area is 156 Å². The van der Waals surface area contributed by atoms with E-state index in [4.69, 9.17) is 0 Å². The quantitative estimate of drug-likeness (QED) is 0.583. The minimum Gasteiger partial charge on any atom is -0.361 e. The maximum Gasteiger partial charge on any atom is 0.247 e. The van der Waals surface area contributed by atoms with Crippen LogP contribution in [0.2, 0.25) is 0 Å². The molecule has 0 aliphatic rings. The van der Waals surface area contributed by atoms with Crippen molar-refractivity contribution in [2.24, 2.45) is 0 Å². The molecule has 1 heterocycles. The van der Waals surface area contributed by atoms with E-state index in [-0.39, 0.29) is 11.8 Å². The van der Waals surface area contributed by atoms with Crippen molar-refractivity contribution in [3.8, 4) is 0 Å². The maximum absolute atomic E-state index is 12.8. The fourth-order valence-corrected chi connectivity index (χ4v) is 3.36. The summed E-state index contributed by atoms with van der Waals surface area (Å²) in [4.78, 5) is 28.6. The summed E-state index contributed by atoms with van der Waals surface area (Å²) in [5, 5.41) is 6.72. The van der Waals surface area contributed by atoms with Gasteiger partial charge in [-0.05, 0) is 36.1 Å². The first-order valence-corrected chi connectivity index (χ1v) is 9.56. The molecule has 1 unspecified atom stereocenters. The number of hydrogen-bond acceptors (Lipinski definition) is 3. The van der Waals surface area contributed by atoms with Crippen LogP contribution in [0.4, 0.5) is 5.69 Å². The first kappa shape index (κ1) is 18.1. The zero-order chi connectivity index (χ0) is 18.5. The van der Waals surface area contributed by atoms with Crippen LogP contribution in [0, 0.1) is 0 Å². The average Bonchev–Trinajstić information content (AvgIpc) is 3.04. The molecule has 6 heteroatoms. The van der Waals surface area contributed by atoms with Crippen LogP contribution in [0.1, 0.15) is 12.5 Å². The van der Waals surface area contributed by atoms with Crippen molar-refractivity contribution < 1.29 is 9.59 Å². The van der Waals surface area contributed by atoms with Crippen LogP contribution in [0.5, 0.6) is 0 Å². The van der Waals surface area contributed by atoms with E-state index in [2.05, 4.69) is 15.6 Å². The molecular formula is C20H21N3O2S. The van der Waals surface area contributed by atoms with Crippen molar-refractivity contribution in [3.05, 3.63) is 60.3 Å². The van der Waals surface area contributed by atoms with Crippen molar-refractivity contribution in [3.63, 3.8) is 0 Å². The Kier molecular flexibility index (Phi) is 5.63. The number of aromatic amines is 1. The average molecular weight is 367 g/mol. The lowest BCUT2D eigenvalue weighted by atomic mass is 10.0. The molecule has 1 aromatic heterocycles. The SMILES string of the molecule is CSc1cccc(NC(=O)C(Cc2c[nH]c3ccccc23)NC(C)=O)c1. The van der Waals surface area contributed by atoms with Gasteiger partial charge in [-0.2, -0.15) is 0 Å². The van der Waals surface area contributed by atoms with Crippen molar-refractivity contribution >= 4 is 40.2 Å². The van der Waals surface area contributed by atoms with Gasteiger partial charge in [-0.25, -0.2) is 0 Å². The number of carbonyl (C=O) groups excluding carboxylic acids is 2. The van der Waals surface area contributed by atoms with E-state index in [0.717, 1.165) is 27.0 Å². The smallest absolute Gasteiger partial charge is 0.247 e. The van der Waals surface area contributed by atoms with Crippen molar-refractivity contribution in [1.82, 2.24) is 10.3 Å². The molecule has 1 atom stereocenters. The molecular weight excluding hydrogens is 346 g/mol. The van der Waals surface area contributed by atoms with E-state index >= 15 is 0 Å². The van der Waals surface area contributed by atoms with E-state index in [9.17, 15) is 9.59 Å². The van der Waals surface area contributed by atoms with Gasteiger partial charge in [0.2, 0.25) is 11.8 Å². The zero-order valence-electron chi connectivity index (χ0n) is 14.7. The molecule has 3 N–H and O–H groups in total. The molecule has 2 aromatic carbocycles. The fraction of sp³-hybridized carbons (Fsp3) is 0.200. The molecule has 0 saturated heterocycles. The van der Waals surface area contributed by atoms with Gasteiger partial charge in [-0.3, -0.25) is 9.59 Å². The Morgan fingerprint density at radius 2 is 1.96 bits per heavy atom. The molecule has 2 amide bonds. The molecule has 0 aliphatic heterocycles. The van der Waals surface area contributed by atoms with Crippen LogP contribution in [0.25, 0.3) is 10.9 Å². The monoisotopic (exact) mass is 367 g/mol. The number of H-pyrrole nitrogens is 1. The molecule has 0 bridgehead atoms. The van der Waals surface area contributed by atoms with Gasteiger partial charge in [-0.15, -0.1) is 11.8 Å². The van der Waals surface area contributed by atoms with E-state index in [1.54, 1.807) is 11.8 Å². The first-order valence-electron chi connectivity index (χ1n) is 8.34. The summed E-state index contributed by atoms with van der Waals surface area (Å²) in [5.74, 6) is -0.466. The second-order valence-electron chi connectivity index (χ2n) is 6.04. The van der Waals surface area contributed by atoms with E-state index in [1.807, 2.05) is 61.0 Å². The molecule has 0 spiro atoms. The summed E-state index contributed by atoms with van der Waals surface area (Å²) in [6, 6.07) is 14.9. The van der Waals surface area contributed by atoms with Crippen LogP contribution in [-0.4, -0.2) is 29.1 Å². The maximum atomic E-state index is 12.8. The second kappa shape index (κ2) is 8.10. The first-order chi connectivity index (χ1) is 12.6. The predicted molar refractivity (Wildman–Crippen MR) is 106 cm³/mol. The van der Waals surface area contributed by atoms with Crippen LogP contribution >= 0.6 is 11.8 Å². The van der Waals surface area contributed by atoms with Gasteiger partial charge in [0.05, 0.1) is 0 Å². The minimum absolute atomic E-state index is 0.233. The molecule has 0 radical (unpaired) electrons. The number of benzene rings is 2. The van der Waals surface area contributed by atoms with E-state index in [1.165, 1.54) is 6.92 Å². The van der Waals surface area contributed by atoms with Crippen LogP contribution in [0.3, 0.4) is 0 Å². The van der Waals surface area contributed by atoms with Gasteiger partial charge < -0.3 is 15.6 Å². The molecule has 0 fully saturated rings. The van der Waals surface area contributed by atoms with E-state index in [0.29, 0.717) is 6.42 Å². The highest BCUT2D eigenvalue weighted by atomic mass is 32.2. The van der Waals surface area contributed by atoms with Gasteiger partial charge >= 0.3 is 0 Å². The third-order valence-corrected chi connectivity index (χ3v) is 4.86. The Bertz CT molecular complexity index is 935. The summed E-state index contributed by atoms with van der Waals surface area (Å²) in [5.41, 5.74) is 2.72. The largest absolute Gasteiger partial charge is 0.361 e. The number of nitrogens with one attached hydrogen (secondary N) is 3. The summed E-state index contributed by atoms with van der Waals surface area (Å²) in [7, 11) is 0. The lowest BCUT2D eigenvalue weighted by Gasteiger charge is -2.17. The number of amides is 2. The molecule has 134 valence electrons. The van der Waals surface area contributed by atoms with E-state index < -0.39 is 6.04 Å². The van der Waals surface area contributed by atoms with Crippen molar-refractivity contribution in [1.29, 1.82) is 0 Å². The third kappa shape index (κ3) is 4.26. The third-order valence-electron chi connectivity index (χ3n) is 4.13. The Morgan fingerprint density at radius 1 is 1.15 bits per heavy atom. The van der Waals surface area contributed by atoms with Gasteiger partial charge in [0.1, 0.15) is 6.04 Å². The number of fused-ring (bicyclic) bond motifs is 1. The highest BCUT2D eigenvalue weighted by molar-refractivity contribution is 7.98. The second-order valence-corrected chi connectivity index (χ2v) is 6.92.